The quantitative estimate of drug-likeness (QED) is 0.759. The lowest BCUT2D eigenvalue weighted by atomic mass is 9.94. The number of carbonyl (C=O) groups excluding carboxylic acids is 1. The monoisotopic (exact) mass is 250 g/mol. The van der Waals surface area contributed by atoms with E-state index in [2.05, 4.69) is 0 Å². The molecule has 0 fully saturated rings. The number of rotatable bonds is 2. The van der Waals surface area contributed by atoms with E-state index in [1.54, 1.807) is 6.08 Å². The minimum Gasteiger partial charge on any atom is -0.454 e. The molecular weight excluding hydrogens is 236 g/mol. The Morgan fingerprint density at radius 2 is 1.53 bits per heavy atom. The minimum absolute atomic E-state index is 0.186. The molecule has 1 atom stereocenters. The summed E-state index contributed by atoms with van der Waals surface area (Å²) in [6.45, 7) is 0. The molecule has 0 aliphatic carbocycles. The number of ether oxygens (including phenoxy) is 1. The van der Waals surface area contributed by atoms with Crippen molar-refractivity contribution in [3.63, 3.8) is 0 Å². The second-order valence-electron chi connectivity index (χ2n) is 4.58. The minimum atomic E-state index is -0.265. The highest BCUT2D eigenvalue weighted by molar-refractivity contribution is 5.93. The lowest BCUT2D eigenvalue weighted by Crippen LogP contribution is -2.15. The molecule has 0 saturated heterocycles. The molecule has 2 heteroatoms. The summed E-state index contributed by atoms with van der Waals surface area (Å²) in [5.41, 5.74) is 3.16. The van der Waals surface area contributed by atoms with E-state index in [4.69, 9.17) is 4.74 Å². The molecule has 0 aromatic heterocycles. The van der Waals surface area contributed by atoms with E-state index in [1.807, 2.05) is 60.7 Å². The van der Waals surface area contributed by atoms with Crippen molar-refractivity contribution in [2.24, 2.45) is 0 Å². The van der Waals surface area contributed by atoms with E-state index in [0.29, 0.717) is 0 Å². The van der Waals surface area contributed by atoms with E-state index in [0.717, 1.165) is 23.1 Å². The molecule has 2 aromatic carbocycles. The number of carbonyl (C=O) groups is 1. The second kappa shape index (κ2) is 5.11. The van der Waals surface area contributed by atoms with Crippen molar-refractivity contribution in [2.45, 2.75) is 12.5 Å². The maximum atomic E-state index is 11.7. The Hall–Kier alpha value is -2.35. The van der Waals surface area contributed by atoms with Gasteiger partial charge in [0, 0.05) is 12.5 Å². The first kappa shape index (κ1) is 11.7. The average Bonchev–Trinajstić information content (AvgIpc) is 2.48. The Morgan fingerprint density at radius 3 is 2.21 bits per heavy atom. The van der Waals surface area contributed by atoms with E-state index in [-0.39, 0.29) is 12.1 Å². The number of hydrogen-bond acceptors (Lipinski definition) is 2. The van der Waals surface area contributed by atoms with Crippen molar-refractivity contribution in [3.8, 4) is 0 Å². The molecule has 94 valence electrons. The number of cyclic esters (lactones) is 1. The van der Waals surface area contributed by atoms with Crippen LogP contribution in [0.1, 0.15) is 23.7 Å². The summed E-state index contributed by atoms with van der Waals surface area (Å²) in [5, 5.41) is 0. The highest BCUT2D eigenvalue weighted by atomic mass is 16.5. The third-order valence-corrected chi connectivity index (χ3v) is 3.27. The van der Waals surface area contributed by atoms with Gasteiger partial charge in [-0.2, -0.15) is 0 Å². The molecule has 0 spiro atoms. The van der Waals surface area contributed by atoms with Crippen LogP contribution in [-0.4, -0.2) is 5.97 Å². The summed E-state index contributed by atoms with van der Waals surface area (Å²) in [5.74, 6) is -0.265. The second-order valence-corrected chi connectivity index (χ2v) is 4.58. The van der Waals surface area contributed by atoms with Gasteiger partial charge in [0.05, 0.1) is 0 Å². The lowest BCUT2D eigenvalue weighted by Gasteiger charge is -2.23. The normalized spacial score (nSPS) is 18.6. The van der Waals surface area contributed by atoms with Gasteiger partial charge < -0.3 is 4.74 Å². The first-order valence-electron chi connectivity index (χ1n) is 6.34. The Bertz CT molecular complexity index is 600. The molecule has 2 aromatic rings. The van der Waals surface area contributed by atoms with Gasteiger partial charge >= 0.3 is 5.97 Å². The molecule has 0 radical (unpaired) electrons. The van der Waals surface area contributed by atoms with E-state index in [9.17, 15) is 4.79 Å². The number of benzene rings is 2. The summed E-state index contributed by atoms with van der Waals surface area (Å²) in [7, 11) is 0. The van der Waals surface area contributed by atoms with E-state index >= 15 is 0 Å². The Labute approximate surface area is 112 Å². The first-order valence-corrected chi connectivity index (χ1v) is 6.34. The van der Waals surface area contributed by atoms with Crippen molar-refractivity contribution in [1.82, 2.24) is 0 Å². The molecule has 1 unspecified atom stereocenters. The third kappa shape index (κ3) is 2.58. The predicted molar refractivity (Wildman–Crippen MR) is 74.3 cm³/mol. The highest BCUT2D eigenvalue weighted by Crippen LogP contribution is 2.33. The molecule has 0 bridgehead atoms. The largest absolute Gasteiger partial charge is 0.454 e. The topological polar surface area (TPSA) is 26.3 Å². The maximum Gasteiger partial charge on any atom is 0.331 e. The Morgan fingerprint density at radius 1 is 0.895 bits per heavy atom. The van der Waals surface area contributed by atoms with Gasteiger partial charge in [-0.15, -0.1) is 0 Å². The molecule has 2 nitrogen and oxygen atoms in total. The predicted octanol–water partition coefficient (Wildman–Crippen LogP) is 3.76. The van der Waals surface area contributed by atoms with Crippen molar-refractivity contribution in [3.05, 3.63) is 77.9 Å². The lowest BCUT2D eigenvalue weighted by molar-refractivity contribution is -0.144. The molecule has 0 saturated carbocycles. The van der Waals surface area contributed by atoms with Crippen LogP contribution < -0.4 is 0 Å². The fourth-order valence-corrected chi connectivity index (χ4v) is 2.32. The summed E-state index contributed by atoms with van der Waals surface area (Å²) < 4.78 is 5.41. The first-order chi connectivity index (χ1) is 9.33. The maximum absolute atomic E-state index is 11.7. The highest BCUT2D eigenvalue weighted by Gasteiger charge is 2.23. The van der Waals surface area contributed by atoms with Crippen LogP contribution in [0.2, 0.25) is 0 Å². The smallest absolute Gasteiger partial charge is 0.331 e. The van der Waals surface area contributed by atoms with Crippen LogP contribution in [0.5, 0.6) is 0 Å². The van der Waals surface area contributed by atoms with Gasteiger partial charge in [-0.25, -0.2) is 4.79 Å². The van der Waals surface area contributed by atoms with Crippen LogP contribution in [0.3, 0.4) is 0 Å². The number of esters is 1. The third-order valence-electron chi connectivity index (χ3n) is 3.27. The molecule has 1 aliphatic rings. The Kier molecular flexibility index (Phi) is 3.15. The summed E-state index contributed by atoms with van der Waals surface area (Å²) in [6.07, 6.45) is 2.13. The van der Waals surface area contributed by atoms with E-state index < -0.39 is 0 Å². The zero-order valence-corrected chi connectivity index (χ0v) is 10.5. The summed E-state index contributed by atoms with van der Waals surface area (Å²) in [4.78, 5) is 11.7. The van der Waals surface area contributed by atoms with Crippen molar-refractivity contribution in [2.75, 3.05) is 0 Å². The van der Waals surface area contributed by atoms with Crippen LogP contribution in [0.25, 0.3) is 5.57 Å². The SMILES string of the molecule is O=C1C=C(c2ccccc2)CC(c2ccccc2)O1. The van der Waals surface area contributed by atoms with Crippen LogP contribution in [0, 0.1) is 0 Å². The zero-order chi connectivity index (χ0) is 13.1. The summed E-state index contributed by atoms with van der Waals surface area (Å²) >= 11 is 0. The fourth-order valence-electron chi connectivity index (χ4n) is 2.32. The van der Waals surface area contributed by atoms with Gasteiger partial charge in [0.15, 0.2) is 0 Å². The molecular formula is C17H14O2. The average molecular weight is 250 g/mol. The van der Waals surface area contributed by atoms with Crippen molar-refractivity contribution in [1.29, 1.82) is 0 Å². The van der Waals surface area contributed by atoms with Gasteiger partial charge in [-0.05, 0) is 16.7 Å². The van der Waals surface area contributed by atoms with Gasteiger partial charge in [0.1, 0.15) is 6.10 Å². The van der Waals surface area contributed by atoms with Crippen LogP contribution >= 0.6 is 0 Å². The molecule has 0 amide bonds. The molecule has 1 heterocycles. The molecule has 19 heavy (non-hydrogen) atoms. The standard InChI is InChI=1S/C17H14O2/c18-17-12-15(13-7-3-1-4-8-13)11-16(19-17)14-9-5-2-6-10-14/h1-10,12,16H,11H2. The molecule has 1 aliphatic heterocycles. The molecule has 3 rings (SSSR count). The van der Waals surface area contributed by atoms with E-state index in [1.165, 1.54) is 0 Å². The van der Waals surface area contributed by atoms with Gasteiger partial charge in [-0.3, -0.25) is 0 Å². The van der Waals surface area contributed by atoms with Crippen LogP contribution in [0.4, 0.5) is 0 Å². The Balaban J connectivity index is 1.90. The van der Waals surface area contributed by atoms with Crippen molar-refractivity contribution >= 4 is 11.5 Å². The van der Waals surface area contributed by atoms with Crippen LogP contribution in [-0.2, 0) is 9.53 Å². The van der Waals surface area contributed by atoms with Gasteiger partial charge in [0.25, 0.3) is 0 Å². The van der Waals surface area contributed by atoms with Crippen LogP contribution in [0.15, 0.2) is 66.7 Å². The molecule has 0 N–H and O–H groups in total. The van der Waals surface area contributed by atoms with Gasteiger partial charge in [0.2, 0.25) is 0 Å². The van der Waals surface area contributed by atoms with Gasteiger partial charge in [-0.1, -0.05) is 60.7 Å². The zero-order valence-electron chi connectivity index (χ0n) is 10.5. The van der Waals surface area contributed by atoms with Crippen molar-refractivity contribution < 1.29 is 9.53 Å². The number of hydrogen-bond donors (Lipinski definition) is 0. The summed E-state index contributed by atoms with van der Waals surface area (Å²) in [6, 6.07) is 19.8. The fraction of sp³-hybridized carbons (Fsp3) is 0.118.